The van der Waals surface area contributed by atoms with Gasteiger partial charge in [0.05, 0.1) is 6.16 Å². The molecule has 0 nitrogen and oxygen atoms in total. The maximum atomic E-state index is 2.39. The lowest BCUT2D eigenvalue weighted by atomic mass is 9.80. The zero-order chi connectivity index (χ0) is 21.4. The molecule has 0 bridgehead atoms. The Bertz CT molecular complexity index is 789. The SMILES string of the molecule is CCCCC[C@H]1CC[C@H](C[P+](c2ccccc2)(c2ccccc2)c2ccccc2)CC1.[Br-]. The summed E-state index contributed by atoms with van der Waals surface area (Å²) in [5.41, 5.74) is 0. The summed E-state index contributed by atoms with van der Waals surface area (Å²) in [7, 11) is -1.67. The van der Waals surface area contributed by atoms with Crippen molar-refractivity contribution in [1.82, 2.24) is 0 Å². The van der Waals surface area contributed by atoms with Crippen LogP contribution in [0.15, 0.2) is 91.0 Å². The van der Waals surface area contributed by atoms with Crippen LogP contribution in [0.2, 0.25) is 0 Å². The molecular weight excluding hydrogens is 471 g/mol. The van der Waals surface area contributed by atoms with E-state index in [1.165, 1.54) is 73.4 Å². The van der Waals surface area contributed by atoms with Gasteiger partial charge in [-0.05, 0) is 61.1 Å². The van der Waals surface area contributed by atoms with Crippen LogP contribution in [0, 0.1) is 11.8 Å². The third kappa shape index (κ3) is 5.92. The van der Waals surface area contributed by atoms with Crippen LogP contribution in [0.4, 0.5) is 0 Å². The molecule has 3 aromatic rings. The molecule has 1 fully saturated rings. The van der Waals surface area contributed by atoms with Crippen molar-refractivity contribution in [2.45, 2.75) is 58.3 Å². The summed E-state index contributed by atoms with van der Waals surface area (Å²) >= 11 is 0. The van der Waals surface area contributed by atoms with Gasteiger partial charge in [-0.15, -0.1) is 0 Å². The second-order valence-corrected chi connectivity index (χ2v) is 12.9. The van der Waals surface area contributed by atoms with E-state index >= 15 is 0 Å². The van der Waals surface area contributed by atoms with E-state index in [0.717, 1.165) is 11.8 Å². The Kier molecular flexibility index (Phi) is 10.0. The molecule has 1 aliphatic rings. The molecule has 32 heavy (non-hydrogen) atoms. The van der Waals surface area contributed by atoms with Crippen LogP contribution in [0.1, 0.15) is 58.3 Å². The molecule has 1 saturated carbocycles. The van der Waals surface area contributed by atoms with Gasteiger partial charge in [0.1, 0.15) is 23.2 Å². The Balaban J connectivity index is 0.00000289. The van der Waals surface area contributed by atoms with Crippen LogP contribution >= 0.6 is 7.26 Å². The van der Waals surface area contributed by atoms with Gasteiger partial charge in [0.2, 0.25) is 0 Å². The van der Waals surface area contributed by atoms with E-state index in [-0.39, 0.29) is 17.0 Å². The van der Waals surface area contributed by atoms with E-state index in [0.29, 0.717) is 0 Å². The second-order valence-electron chi connectivity index (χ2n) is 9.38. The first-order valence-electron chi connectivity index (χ1n) is 12.4. The maximum absolute atomic E-state index is 2.39. The fourth-order valence-corrected chi connectivity index (χ4v) is 10.3. The molecular formula is C30H38BrP. The molecule has 0 aliphatic heterocycles. The molecule has 4 rings (SSSR count). The Morgan fingerprint density at radius 2 is 1.00 bits per heavy atom. The first-order valence-corrected chi connectivity index (χ1v) is 14.3. The topological polar surface area (TPSA) is 0 Å². The lowest BCUT2D eigenvalue weighted by molar-refractivity contribution is -0.00000629. The summed E-state index contributed by atoms with van der Waals surface area (Å²) in [5, 5.41) is 4.62. The molecule has 170 valence electrons. The van der Waals surface area contributed by atoms with Crippen LogP contribution in [-0.2, 0) is 0 Å². The summed E-state index contributed by atoms with van der Waals surface area (Å²) < 4.78 is 0. The fraction of sp³-hybridized carbons (Fsp3) is 0.400. The average molecular weight is 510 g/mol. The first kappa shape index (κ1) is 25.2. The minimum absolute atomic E-state index is 0. The number of hydrogen-bond donors (Lipinski definition) is 0. The third-order valence-electron chi connectivity index (χ3n) is 7.31. The molecule has 0 aromatic heterocycles. The van der Waals surface area contributed by atoms with Crippen molar-refractivity contribution in [3.8, 4) is 0 Å². The highest BCUT2D eigenvalue weighted by Crippen LogP contribution is 2.58. The Morgan fingerprint density at radius 1 is 0.594 bits per heavy atom. The standard InChI is InChI=1S/C30H38P.BrH/c1-2-3-7-14-26-21-23-27(24-22-26)25-31(28-15-8-4-9-16-28,29-17-10-5-11-18-29)30-19-12-6-13-20-30;/h4-6,8-13,15-20,26-27H,2-3,7,14,21-25H2,1H3;1H/q+1;/p-1/t26-,27-;. The smallest absolute Gasteiger partial charge is 0.112 e. The summed E-state index contributed by atoms with van der Waals surface area (Å²) in [6.45, 7) is 2.32. The highest BCUT2D eigenvalue weighted by atomic mass is 79.9. The highest BCUT2D eigenvalue weighted by molar-refractivity contribution is 7.95. The Labute approximate surface area is 207 Å². The molecule has 0 spiro atoms. The third-order valence-corrected chi connectivity index (χ3v) is 11.9. The molecule has 0 N–H and O–H groups in total. The predicted molar refractivity (Wildman–Crippen MR) is 140 cm³/mol. The van der Waals surface area contributed by atoms with Gasteiger partial charge in [-0.3, -0.25) is 0 Å². The zero-order valence-electron chi connectivity index (χ0n) is 19.5. The van der Waals surface area contributed by atoms with Crippen LogP contribution < -0.4 is 32.9 Å². The number of rotatable bonds is 9. The maximum Gasteiger partial charge on any atom is 0.112 e. The van der Waals surface area contributed by atoms with Crippen molar-refractivity contribution in [2.75, 3.05) is 6.16 Å². The molecule has 0 radical (unpaired) electrons. The monoisotopic (exact) mass is 508 g/mol. The fourth-order valence-electron chi connectivity index (χ4n) is 5.58. The largest absolute Gasteiger partial charge is 1.00 e. The summed E-state index contributed by atoms with van der Waals surface area (Å²) in [6, 6.07) is 34.3. The molecule has 0 saturated heterocycles. The number of unbranched alkanes of at least 4 members (excludes halogenated alkanes) is 2. The zero-order valence-corrected chi connectivity index (χ0v) is 22.0. The minimum Gasteiger partial charge on any atom is -1.00 e. The van der Waals surface area contributed by atoms with Crippen molar-refractivity contribution >= 4 is 23.2 Å². The van der Waals surface area contributed by atoms with Gasteiger partial charge < -0.3 is 17.0 Å². The van der Waals surface area contributed by atoms with Gasteiger partial charge in [0.15, 0.2) is 0 Å². The molecule has 0 unspecified atom stereocenters. The van der Waals surface area contributed by atoms with E-state index in [9.17, 15) is 0 Å². The van der Waals surface area contributed by atoms with Crippen LogP contribution in [0.5, 0.6) is 0 Å². The Hall–Kier alpha value is -1.43. The summed E-state index contributed by atoms with van der Waals surface area (Å²) in [5.74, 6) is 1.80. The van der Waals surface area contributed by atoms with Gasteiger partial charge in [0, 0.05) is 0 Å². The van der Waals surface area contributed by atoms with Crippen molar-refractivity contribution in [3.63, 3.8) is 0 Å². The quantitative estimate of drug-likeness (QED) is 0.297. The predicted octanol–water partition coefficient (Wildman–Crippen LogP) is 4.37. The summed E-state index contributed by atoms with van der Waals surface area (Å²) in [6.07, 6.45) is 12.6. The van der Waals surface area contributed by atoms with E-state index in [1.807, 2.05) is 0 Å². The van der Waals surface area contributed by atoms with Crippen molar-refractivity contribution < 1.29 is 17.0 Å². The number of hydrogen-bond acceptors (Lipinski definition) is 0. The second kappa shape index (κ2) is 12.7. The van der Waals surface area contributed by atoms with E-state index in [4.69, 9.17) is 0 Å². The molecule has 3 aromatic carbocycles. The number of halogens is 1. The van der Waals surface area contributed by atoms with Gasteiger partial charge in [-0.1, -0.05) is 100 Å². The molecule has 0 heterocycles. The van der Waals surface area contributed by atoms with Gasteiger partial charge in [-0.25, -0.2) is 0 Å². The first-order chi connectivity index (χ1) is 15.3. The normalized spacial score (nSPS) is 18.7. The number of benzene rings is 3. The van der Waals surface area contributed by atoms with Crippen LogP contribution in [-0.4, -0.2) is 6.16 Å². The molecule has 2 heteroatoms. The lowest BCUT2D eigenvalue weighted by Crippen LogP contribution is -3.00. The van der Waals surface area contributed by atoms with Gasteiger partial charge in [-0.2, -0.15) is 0 Å². The van der Waals surface area contributed by atoms with Crippen molar-refractivity contribution in [1.29, 1.82) is 0 Å². The lowest BCUT2D eigenvalue weighted by Gasteiger charge is -2.34. The molecule has 0 atom stereocenters. The van der Waals surface area contributed by atoms with E-state index < -0.39 is 7.26 Å². The van der Waals surface area contributed by atoms with Gasteiger partial charge >= 0.3 is 0 Å². The van der Waals surface area contributed by atoms with Crippen LogP contribution in [0.25, 0.3) is 0 Å². The minimum atomic E-state index is -1.67. The van der Waals surface area contributed by atoms with Gasteiger partial charge in [0.25, 0.3) is 0 Å². The molecule has 1 aliphatic carbocycles. The van der Waals surface area contributed by atoms with E-state index in [1.54, 1.807) is 0 Å². The Morgan fingerprint density at radius 3 is 1.41 bits per heavy atom. The van der Waals surface area contributed by atoms with E-state index in [2.05, 4.69) is 97.9 Å². The highest BCUT2D eigenvalue weighted by Gasteiger charge is 2.47. The van der Waals surface area contributed by atoms with Crippen molar-refractivity contribution in [2.24, 2.45) is 11.8 Å². The van der Waals surface area contributed by atoms with Crippen molar-refractivity contribution in [3.05, 3.63) is 91.0 Å². The average Bonchev–Trinajstić information content (AvgIpc) is 2.85. The van der Waals surface area contributed by atoms with Crippen LogP contribution in [0.3, 0.4) is 0 Å². The summed E-state index contributed by atoms with van der Waals surface area (Å²) in [4.78, 5) is 0. The molecule has 0 amide bonds.